The third kappa shape index (κ3) is 4.29. The van der Waals surface area contributed by atoms with E-state index in [1.54, 1.807) is 0 Å². The number of rotatable bonds is 5. The van der Waals surface area contributed by atoms with Crippen LogP contribution < -0.4 is 5.73 Å². The average molecular weight is 382 g/mol. The van der Waals surface area contributed by atoms with Crippen molar-refractivity contribution >= 4 is 5.69 Å². The minimum atomic E-state index is 0.467. The van der Waals surface area contributed by atoms with Gasteiger partial charge in [-0.3, -0.25) is 0 Å². The quantitative estimate of drug-likeness (QED) is 0.543. The SMILES string of the molecule is CCC1=CC=CCC1c1cc(C2C=CC(C)=CC2)ccc1Cc1ccccc1N. The minimum absolute atomic E-state index is 0.467. The molecule has 148 valence electrons. The highest BCUT2D eigenvalue weighted by atomic mass is 14.6. The van der Waals surface area contributed by atoms with Crippen molar-refractivity contribution in [3.63, 3.8) is 0 Å². The summed E-state index contributed by atoms with van der Waals surface area (Å²) in [5.74, 6) is 0.941. The van der Waals surface area contributed by atoms with Crippen LogP contribution in [0.1, 0.15) is 67.2 Å². The van der Waals surface area contributed by atoms with Crippen LogP contribution in [0.5, 0.6) is 0 Å². The van der Waals surface area contributed by atoms with Crippen molar-refractivity contribution in [2.24, 2.45) is 0 Å². The Morgan fingerprint density at radius 3 is 2.66 bits per heavy atom. The van der Waals surface area contributed by atoms with Gasteiger partial charge < -0.3 is 5.73 Å². The summed E-state index contributed by atoms with van der Waals surface area (Å²) in [7, 11) is 0. The first-order chi connectivity index (χ1) is 14.2. The van der Waals surface area contributed by atoms with Crippen molar-refractivity contribution in [2.45, 2.75) is 51.4 Å². The van der Waals surface area contributed by atoms with Gasteiger partial charge in [-0.15, -0.1) is 0 Å². The van der Waals surface area contributed by atoms with Crippen molar-refractivity contribution in [3.8, 4) is 0 Å². The summed E-state index contributed by atoms with van der Waals surface area (Å²) in [6.07, 6.45) is 18.0. The van der Waals surface area contributed by atoms with E-state index in [9.17, 15) is 0 Å². The Morgan fingerprint density at radius 1 is 1.03 bits per heavy atom. The number of nitrogen functional groups attached to an aromatic ring is 1. The molecule has 4 rings (SSSR count). The lowest BCUT2D eigenvalue weighted by molar-refractivity contribution is 0.745. The van der Waals surface area contributed by atoms with Gasteiger partial charge in [0, 0.05) is 17.5 Å². The van der Waals surface area contributed by atoms with Crippen molar-refractivity contribution in [3.05, 3.63) is 112 Å². The molecule has 0 saturated carbocycles. The fourth-order valence-electron chi connectivity index (χ4n) is 4.57. The molecule has 0 aliphatic heterocycles. The van der Waals surface area contributed by atoms with Crippen LogP contribution in [0.4, 0.5) is 5.69 Å². The van der Waals surface area contributed by atoms with E-state index in [1.165, 1.54) is 33.4 Å². The smallest absolute Gasteiger partial charge is 0.0349 e. The van der Waals surface area contributed by atoms with Crippen LogP contribution >= 0.6 is 0 Å². The van der Waals surface area contributed by atoms with Crippen LogP contribution in [0.15, 0.2) is 90.1 Å². The van der Waals surface area contributed by atoms with Gasteiger partial charge in [0.15, 0.2) is 0 Å². The molecule has 2 aliphatic carbocycles. The lowest BCUT2D eigenvalue weighted by Crippen LogP contribution is -2.10. The molecule has 0 bridgehead atoms. The Hall–Kier alpha value is -2.80. The molecule has 2 aromatic rings. The Balaban J connectivity index is 1.74. The highest BCUT2D eigenvalue weighted by molar-refractivity contribution is 5.52. The molecule has 0 radical (unpaired) electrons. The summed E-state index contributed by atoms with van der Waals surface area (Å²) >= 11 is 0. The number of hydrogen-bond acceptors (Lipinski definition) is 1. The topological polar surface area (TPSA) is 26.0 Å². The largest absolute Gasteiger partial charge is 0.398 e. The van der Waals surface area contributed by atoms with Crippen molar-refractivity contribution in [1.29, 1.82) is 0 Å². The van der Waals surface area contributed by atoms with Gasteiger partial charge in [-0.1, -0.05) is 90.9 Å². The molecule has 0 heterocycles. The molecule has 0 amide bonds. The Labute approximate surface area is 175 Å². The maximum Gasteiger partial charge on any atom is 0.0349 e. The van der Waals surface area contributed by atoms with Gasteiger partial charge >= 0.3 is 0 Å². The molecule has 29 heavy (non-hydrogen) atoms. The number of allylic oxidation sites excluding steroid dienone is 8. The van der Waals surface area contributed by atoms with Crippen LogP contribution in [-0.2, 0) is 6.42 Å². The van der Waals surface area contributed by atoms with Gasteiger partial charge in [0.2, 0.25) is 0 Å². The fourth-order valence-corrected chi connectivity index (χ4v) is 4.57. The van der Waals surface area contributed by atoms with Crippen LogP contribution in [0.3, 0.4) is 0 Å². The number of hydrogen-bond donors (Lipinski definition) is 1. The summed E-state index contributed by atoms with van der Waals surface area (Å²) in [5, 5.41) is 0. The van der Waals surface area contributed by atoms with E-state index in [0.717, 1.165) is 31.4 Å². The third-order valence-electron chi connectivity index (χ3n) is 6.37. The maximum atomic E-state index is 6.27. The average Bonchev–Trinajstić information content (AvgIpc) is 2.76. The lowest BCUT2D eigenvalue weighted by atomic mass is 9.78. The second-order valence-corrected chi connectivity index (χ2v) is 8.29. The molecule has 2 N–H and O–H groups in total. The molecule has 1 nitrogen and oxygen atoms in total. The molecule has 2 unspecified atom stereocenters. The van der Waals surface area contributed by atoms with E-state index >= 15 is 0 Å². The van der Waals surface area contributed by atoms with Crippen molar-refractivity contribution in [1.82, 2.24) is 0 Å². The number of nitrogens with two attached hydrogens (primary N) is 1. The molecule has 0 spiro atoms. The minimum Gasteiger partial charge on any atom is -0.398 e. The summed E-state index contributed by atoms with van der Waals surface area (Å²) in [4.78, 5) is 0. The first-order valence-corrected chi connectivity index (χ1v) is 10.8. The molecule has 0 saturated heterocycles. The van der Waals surface area contributed by atoms with Gasteiger partial charge in [0.25, 0.3) is 0 Å². The summed E-state index contributed by atoms with van der Waals surface area (Å²) in [6, 6.07) is 15.4. The molecule has 1 heteroatoms. The van der Waals surface area contributed by atoms with Crippen LogP contribution in [0, 0.1) is 0 Å². The Bertz CT molecular complexity index is 1000. The van der Waals surface area contributed by atoms with Gasteiger partial charge in [-0.05, 0) is 60.9 Å². The number of anilines is 1. The normalized spacial score (nSPS) is 21.0. The van der Waals surface area contributed by atoms with E-state index in [4.69, 9.17) is 5.73 Å². The molecule has 0 fully saturated rings. The highest BCUT2D eigenvalue weighted by Crippen LogP contribution is 2.38. The van der Waals surface area contributed by atoms with E-state index in [1.807, 2.05) is 12.1 Å². The van der Waals surface area contributed by atoms with E-state index in [2.05, 4.69) is 80.6 Å². The van der Waals surface area contributed by atoms with Crippen molar-refractivity contribution < 1.29 is 0 Å². The van der Waals surface area contributed by atoms with E-state index in [-0.39, 0.29) is 0 Å². The van der Waals surface area contributed by atoms with Crippen molar-refractivity contribution in [2.75, 3.05) is 5.73 Å². The highest BCUT2D eigenvalue weighted by Gasteiger charge is 2.22. The maximum absolute atomic E-state index is 6.27. The second-order valence-electron chi connectivity index (χ2n) is 8.29. The van der Waals surface area contributed by atoms with Crippen LogP contribution in [-0.4, -0.2) is 0 Å². The molecule has 2 aliphatic rings. The lowest BCUT2D eigenvalue weighted by Gasteiger charge is -2.26. The van der Waals surface area contributed by atoms with Gasteiger partial charge in [-0.2, -0.15) is 0 Å². The number of benzene rings is 2. The van der Waals surface area contributed by atoms with E-state index in [0.29, 0.717) is 11.8 Å². The molecular formula is C28H31N. The van der Waals surface area contributed by atoms with E-state index < -0.39 is 0 Å². The molecular weight excluding hydrogens is 350 g/mol. The zero-order chi connectivity index (χ0) is 20.2. The summed E-state index contributed by atoms with van der Waals surface area (Å²) in [5.41, 5.74) is 15.6. The molecule has 0 aromatic heterocycles. The Kier molecular flexibility index (Phi) is 5.85. The standard InChI is InChI=1S/C28H31N/c1-3-21-8-4-6-10-26(21)27-19-23(22-14-12-20(2)13-15-22)16-17-24(27)18-25-9-5-7-11-28(25)29/h4-9,11-14,16-17,19,22,26H,3,10,15,18,29H2,1-2H3. The second kappa shape index (κ2) is 8.69. The zero-order valence-corrected chi connectivity index (χ0v) is 17.6. The fraction of sp³-hybridized carbons (Fsp3) is 0.286. The first kappa shape index (κ1) is 19.5. The van der Waals surface area contributed by atoms with Gasteiger partial charge in [0.05, 0.1) is 0 Å². The molecule has 2 aromatic carbocycles. The third-order valence-corrected chi connectivity index (χ3v) is 6.37. The van der Waals surface area contributed by atoms with Gasteiger partial charge in [-0.25, -0.2) is 0 Å². The first-order valence-electron chi connectivity index (χ1n) is 10.8. The van der Waals surface area contributed by atoms with Gasteiger partial charge in [0.1, 0.15) is 0 Å². The predicted octanol–water partition coefficient (Wildman–Crippen LogP) is 7.23. The van der Waals surface area contributed by atoms with Crippen LogP contribution in [0.25, 0.3) is 0 Å². The summed E-state index contributed by atoms with van der Waals surface area (Å²) in [6.45, 7) is 4.45. The zero-order valence-electron chi connectivity index (χ0n) is 17.6. The molecule has 2 atom stereocenters. The Morgan fingerprint density at radius 2 is 1.90 bits per heavy atom. The number of para-hydroxylation sites is 1. The predicted molar refractivity (Wildman–Crippen MR) is 125 cm³/mol. The summed E-state index contributed by atoms with van der Waals surface area (Å²) < 4.78 is 0. The monoisotopic (exact) mass is 381 g/mol. The van der Waals surface area contributed by atoms with Crippen LogP contribution in [0.2, 0.25) is 0 Å².